The lowest BCUT2D eigenvalue weighted by atomic mass is 10.2. The van der Waals surface area contributed by atoms with Gasteiger partial charge in [-0.05, 0) is 43.3 Å². The molecule has 0 fully saturated rings. The maximum Gasteiger partial charge on any atom is 0.256 e. The van der Waals surface area contributed by atoms with Crippen molar-refractivity contribution < 1.29 is 22.4 Å². The van der Waals surface area contributed by atoms with Gasteiger partial charge in [-0.3, -0.25) is 4.79 Å². The van der Waals surface area contributed by atoms with Crippen LogP contribution in [0.1, 0.15) is 6.92 Å². The highest BCUT2D eigenvalue weighted by Crippen LogP contribution is 2.28. The lowest BCUT2D eigenvalue weighted by molar-refractivity contribution is -0.115. The summed E-state index contributed by atoms with van der Waals surface area (Å²) in [5.74, 6) is -1.85. The maximum atomic E-state index is 13.6. The Kier molecular flexibility index (Phi) is 5.32. The molecule has 0 spiro atoms. The van der Waals surface area contributed by atoms with Gasteiger partial charge in [-0.25, -0.2) is 18.2 Å². The molecule has 8 heteroatoms. The first-order valence-electron chi connectivity index (χ1n) is 7.57. The Balaban J connectivity index is 1.66. The van der Waals surface area contributed by atoms with Gasteiger partial charge in [-0.2, -0.15) is 0 Å². The van der Waals surface area contributed by atoms with Gasteiger partial charge in [0.05, 0.1) is 17.1 Å². The molecule has 1 atom stereocenters. The standard InChI is InChI=1S/C18H13F3N2O2S/c1-10(17(24)23-15-8-13(20)6-7-14(15)21)26-18-22-9-16(25-18)11-2-4-12(19)5-3-11/h2-10H,1H3,(H,23,24). The van der Waals surface area contributed by atoms with Crippen molar-refractivity contribution >= 4 is 23.4 Å². The molecule has 1 amide bonds. The number of amides is 1. The van der Waals surface area contributed by atoms with Crippen LogP contribution in [0.5, 0.6) is 0 Å². The summed E-state index contributed by atoms with van der Waals surface area (Å²) in [6.07, 6.45) is 1.46. The van der Waals surface area contributed by atoms with E-state index in [0.29, 0.717) is 11.3 Å². The summed E-state index contributed by atoms with van der Waals surface area (Å²) >= 11 is 1.02. The Labute approximate surface area is 151 Å². The molecule has 2 aromatic carbocycles. The van der Waals surface area contributed by atoms with E-state index in [9.17, 15) is 18.0 Å². The summed E-state index contributed by atoms with van der Waals surface area (Å²) in [7, 11) is 0. The zero-order valence-corrected chi connectivity index (χ0v) is 14.3. The van der Waals surface area contributed by atoms with E-state index in [-0.39, 0.29) is 16.7 Å². The van der Waals surface area contributed by atoms with E-state index < -0.39 is 22.8 Å². The average molecular weight is 378 g/mol. The molecule has 0 aliphatic heterocycles. The van der Waals surface area contributed by atoms with Crippen molar-refractivity contribution in [2.24, 2.45) is 0 Å². The lowest BCUT2D eigenvalue weighted by Gasteiger charge is -2.10. The summed E-state index contributed by atoms with van der Waals surface area (Å²) in [5.41, 5.74) is 0.409. The Hall–Kier alpha value is -2.74. The van der Waals surface area contributed by atoms with E-state index in [0.717, 1.165) is 30.0 Å². The highest BCUT2D eigenvalue weighted by atomic mass is 32.2. The quantitative estimate of drug-likeness (QED) is 0.643. The van der Waals surface area contributed by atoms with Gasteiger partial charge in [0, 0.05) is 11.6 Å². The van der Waals surface area contributed by atoms with Crippen LogP contribution < -0.4 is 5.32 Å². The molecule has 0 radical (unpaired) electrons. The molecule has 0 aliphatic rings. The number of hydrogen-bond donors (Lipinski definition) is 1. The second-order valence-electron chi connectivity index (χ2n) is 5.37. The summed E-state index contributed by atoms with van der Waals surface area (Å²) < 4.78 is 45.3. The van der Waals surface area contributed by atoms with E-state index in [1.165, 1.54) is 18.3 Å². The lowest BCUT2D eigenvalue weighted by Crippen LogP contribution is -2.23. The zero-order valence-electron chi connectivity index (χ0n) is 13.5. The van der Waals surface area contributed by atoms with E-state index in [1.54, 1.807) is 19.1 Å². The van der Waals surface area contributed by atoms with Crippen molar-refractivity contribution in [2.45, 2.75) is 17.4 Å². The number of benzene rings is 2. The Morgan fingerprint density at radius 1 is 1.12 bits per heavy atom. The number of carbonyl (C=O) groups is 1. The third-order valence-corrected chi connectivity index (χ3v) is 4.40. The maximum absolute atomic E-state index is 13.6. The van der Waals surface area contributed by atoms with Crippen molar-refractivity contribution in [3.63, 3.8) is 0 Å². The Morgan fingerprint density at radius 2 is 1.81 bits per heavy atom. The fourth-order valence-corrected chi connectivity index (χ4v) is 2.81. The molecule has 1 unspecified atom stereocenters. The average Bonchev–Trinajstić information content (AvgIpc) is 3.07. The third kappa shape index (κ3) is 4.26. The van der Waals surface area contributed by atoms with Crippen LogP contribution in [0.3, 0.4) is 0 Å². The van der Waals surface area contributed by atoms with Crippen LogP contribution in [-0.4, -0.2) is 16.1 Å². The second-order valence-corrected chi connectivity index (χ2v) is 6.66. The smallest absolute Gasteiger partial charge is 0.256 e. The molecular weight excluding hydrogens is 365 g/mol. The number of hydrogen-bond acceptors (Lipinski definition) is 4. The summed E-state index contributed by atoms with van der Waals surface area (Å²) in [6, 6.07) is 8.50. The number of halogens is 3. The van der Waals surface area contributed by atoms with Crippen LogP contribution in [0.25, 0.3) is 11.3 Å². The number of oxazole rings is 1. The highest BCUT2D eigenvalue weighted by molar-refractivity contribution is 8.00. The fourth-order valence-electron chi connectivity index (χ4n) is 2.09. The Morgan fingerprint density at radius 3 is 2.54 bits per heavy atom. The van der Waals surface area contributed by atoms with Crippen LogP contribution in [0.4, 0.5) is 18.9 Å². The SMILES string of the molecule is CC(Sc1ncc(-c2ccc(F)cc2)o1)C(=O)Nc1cc(F)ccc1F. The first-order valence-corrected chi connectivity index (χ1v) is 8.44. The summed E-state index contributed by atoms with van der Waals surface area (Å²) in [6.45, 7) is 1.58. The van der Waals surface area contributed by atoms with Gasteiger partial charge in [0.15, 0.2) is 5.76 Å². The predicted molar refractivity (Wildman–Crippen MR) is 92.2 cm³/mol. The first kappa shape index (κ1) is 18.1. The number of rotatable bonds is 5. The van der Waals surface area contributed by atoms with Gasteiger partial charge in [0.2, 0.25) is 5.91 Å². The minimum Gasteiger partial charge on any atom is -0.431 e. The fraction of sp³-hybridized carbons (Fsp3) is 0.111. The largest absolute Gasteiger partial charge is 0.431 e. The molecule has 0 bridgehead atoms. The number of carbonyl (C=O) groups excluding carboxylic acids is 1. The number of anilines is 1. The third-order valence-electron chi connectivity index (χ3n) is 3.45. The van der Waals surface area contributed by atoms with Gasteiger partial charge < -0.3 is 9.73 Å². The van der Waals surface area contributed by atoms with Crippen molar-refractivity contribution in [3.8, 4) is 11.3 Å². The van der Waals surface area contributed by atoms with Gasteiger partial charge in [0.25, 0.3) is 5.22 Å². The Bertz CT molecular complexity index is 928. The van der Waals surface area contributed by atoms with Gasteiger partial charge in [-0.1, -0.05) is 11.8 Å². The van der Waals surface area contributed by atoms with E-state index in [1.807, 2.05) is 0 Å². The van der Waals surface area contributed by atoms with Crippen molar-refractivity contribution in [2.75, 3.05) is 5.32 Å². The number of thioether (sulfide) groups is 1. The van der Waals surface area contributed by atoms with Crippen LogP contribution >= 0.6 is 11.8 Å². The molecule has 1 heterocycles. The second kappa shape index (κ2) is 7.65. The van der Waals surface area contributed by atoms with Gasteiger partial charge in [-0.15, -0.1) is 0 Å². The van der Waals surface area contributed by atoms with Crippen molar-refractivity contribution in [1.82, 2.24) is 4.98 Å². The monoisotopic (exact) mass is 378 g/mol. The van der Waals surface area contributed by atoms with Gasteiger partial charge in [0.1, 0.15) is 17.5 Å². The van der Waals surface area contributed by atoms with Crippen LogP contribution in [0, 0.1) is 17.5 Å². The summed E-state index contributed by atoms with van der Waals surface area (Å²) in [5, 5.41) is 1.89. The number of nitrogens with zero attached hydrogens (tertiary/aromatic N) is 1. The highest BCUT2D eigenvalue weighted by Gasteiger charge is 2.19. The normalized spacial score (nSPS) is 12.0. The van der Waals surface area contributed by atoms with Crippen LogP contribution in [0.15, 0.2) is 58.3 Å². The molecular formula is C18H13F3N2O2S. The molecule has 134 valence electrons. The number of nitrogens with one attached hydrogen (secondary N) is 1. The number of aromatic nitrogens is 1. The first-order chi connectivity index (χ1) is 12.4. The van der Waals surface area contributed by atoms with Crippen LogP contribution in [0.2, 0.25) is 0 Å². The van der Waals surface area contributed by atoms with E-state index >= 15 is 0 Å². The van der Waals surface area contributed by atoms with E-state index in [2.05, 4.69) is 10.3 Å². The molecule has 1 N–H and O–H groups in total. The molecule has 1 aromatic heterocycles. The topological polar surface area (TPSA) is 55.1 Å². The molecule has 0 saturated heterocycles. The predicted octanol–water partition coefficient (Wildman–Crippen LogP) is 4.88. The van der Waals surface area contributed by atoms with Crippen molar-refractivity contribution in [3.05, 3.63) is 66.1 Å². The minimum absolute atomic E-state index is 0.228. The molecule has 3 rings (SSSR count). The van der Waals surface area contributed by atoms with E-state index in [4.69, 9.17) is 4.42 Å². The molecule has 0 aliphatic carbocycles. The zero-order chi connectivity index (χ0) is 18.7. The van der Waals surface area contributed by atoms with Crippen molar-refractivity contribution in [1.29, 1.82) is 0 Å². The molecule has 4 nitrogen and oxygen atoms in total. The van der Waals surface area contributed by atoms with Gasteiger partial charge >= 0.3 is 0 Å². The molecule has 26 heavy (non-hydrogen) atoms. The summed E-state index contributed by atoms with van der Waals surface area (Å²) in [4.78, 5) is 16.2. The van der Waals surface area contributed by atoms with Crippen LogP contribution in [-0.2, 0) is 4.79 Å². The molecule has 3 aromatic rings. The molecule has 0 saturated carbocycles. The minimum atomic E-state index is -0.730.